The molecule has 0 bridgehead atoms. The van der Waals surface area contributed by atoms with Crippen molar-refractivity contribution in [3.05, 3.63) is 29.8 Å². The van der Waals surface area contributed by atoms with Gasteiger partial charge >= 0.3 is 23.8 Å². The van der Waals surface area contributed by atoms with Gasteiger partial charge < -0.3 is 4.74 Å². The van der Waals surface area contributed by atoms with E-state index in [-0.39, 0.29) is 5.69 Å². The van der Waals surface area contributed by atoms with Gasteiger partial charge in [0.1, 0.15) is 6.54 Å². The van der Waals surface area contributed by atoms with Gasteiger partial charge in [0.25, 0.3) is 0 Å². The SMILES string of the molecule is COC(=O)CN1C(=O)C(=O)N(c2ccc(C)cc2)C1=O. The summed E-state index contributed by atoms with van der Waals surface area (Å²) in [6, 6.07) is 5.68. The highest BCUT2D eigenvalue weighted by Gasteiger charge is 2.46. The molecule has 1 aromatic carbocycles. The molecule has 4 amide bonds. The Labute approximate surface area is 114 Å². The van der Waals surface area contributed by atoms with E-state index in [9.17, 15) is 19.2 Å². The number of ether oxygens (including phenoxy) is 1. The van der Waals surface area contributed by atoms with Crippen LogP contribution in [-0.4, -0.2) is 42.4 Å². The maximum absolute atomic E-state index is 12.1. The summed E-state index contributed by atoms with van der Waals surface area (Å²) in [7, 11) is 1.13. The number of carbonyl (C=O) groups excluding carboxylic acids is 4. The Morgan fingerprint density at radius 2 is 1.70 bits per heavy atom. The second-order valence-electron chi connectivity index (χ2n) is 4.23. The van der Waals surface area contributed by atoms with Crippen LogP contribution in [0.25, 0.3) is 0 Å². The first-order valence-electron chi connectivity index (χ1n) is 5.79. The summed E-state index contributed by atoms with van der Waals surface area (Å²) in [5.41, 5.74) is 1.23. The molecule has 0 saturated carbocycles. The van der Waals surface area contributed by atoms with Crippen molar-refractivity contribution in [2.45, 2.75) is 6.92 Å². The van der Waals surface area contributed by atoms with Crippen LogP contribution in [0.4, 0.5) is 10.5 Å². The van der Waals surface area contributed by atoms with Crippen LogP contribution in [-0.2, 0) is 19.1 Å². The number of hydrogen-bond acceptors (Lipinski definition) is 5. The molecule has 2 rings (SSSR count). The number of methoxy groups -OCH3 is 1. The first-order valence-corrected chi connectivity index (χ1v) is 5.79. The fourth-order valence-corrected chi connectivity index (χ4v) is 1.76. The second-order valence-corrected chi connectivity index (χ2v) is 4.23. The highest BCUT2D eigenvalue weighted by atomic mass is 16.5. The van der Waals surface area contributed by atoms with Gasteiger partial charge in [-0.3, -0.25) is 14.4 Å². The molecule has 7 nitrogen and oxygen atoms in total. The Bertz CT molecular complexity index is 593. The number of rotatable bonds is 3. The molecule has 0 aliphatic carbocycles. The highest BCUT2D eigenvalue weighted by molar-refractivity contribution is 6.53. The van der Waals surface area contributed by atoms with Gasteiger partial charge in [0.15, 0.2) is 0 Å². The summed E-state index contributed by atoms with van der Waals surface area (Å²) >= 11 is 0. The van der Waals surface area contributed by atoms with Crippen LogP contribution in [0.5, 0.6) is 0 Å². The third kappa shape index (κ3) is 2.25. The smallest absolute Gasteiger partial charge is 0.339 e. The lowest BCUT2D eigenvalue weighted by atomic mass is 10.2. The van der Waals surface area contributed by atoms with Gasteiger partial charge in [0.2, 0.25) is 0 Å². The highest BCUT2D eigenvalue weighted by Crippen LogP contribution is 2.22. The molecule has 0 spiro atoms. The molecule has 0 radical (unpaired) electrons. The summed E-state index contributed by atoms with van der Waals surface area (Å²) in [6.45, 7) is 1.27. The summed E-state index contributed by atoms with van der Waals surface area (Å²) in [5.74, 6) is -2.80. The van der Waals surface area contributed by atoms with Crippen molar-refractivity contribution >= 4 is 29.5 Å². The quantitative estimate of drug-likeness (QED) is 0.455. The first kappa shape index (κ1) is 13.7. The zero-order valence-electron chi connectivity index (χ0n) is 11.0. The van der Waals surface area contributed by atoms with Crippen molar-refractivity contribution in [1.82, 2.24) is 4.90 Å². The van der Waals surface area contributed by atoms with E-state index in [0.29, 0.717) is 4.90 Å². The Morgan fingerprint density at radius 3 is 2.25 bits per heavy atom. The Hall–Kier alpha value is -2.70. The number of benzene rings is 1. The lowest BCUT2D eigenvalue weighted by Gasteiger charge is -2.14. The van der Waals surface area contributed by atoms with Crippen LogP contribution in [0.1, 0.15) is 5.56 Å². The fourth-order valence-electron chi connectivity index (χ4n) is 1.76. The summed E-state index contributed by atoms with van der Waals surface area (Å²) in [4.78, 5) is 48.1. The van der Waals surface area contributed by atoms with Gasteiger partial charge in [-0.05, 0) is 19.1 Å². The average Bonchev–Trinajstić information content (AvgIpc) is 2.64. The zero-order valence-corrected chi connectivity index (χ0v) is 11.0. The van der Waals surface area contributed by atoms with Crippen molar-refractivity contribution in [2.24, 2.45) is 0 Å². The maximum atomic E-state index is 12.1. The van der Waals surface area contributed by atoms with Crippen LogP contribution in [0.15, 0.2) is 24.3 Å². The lowest BCUT2D eigenvalue weighted by Crippen LogP contribution is -2.37. The Kier molecular flexibility index (Phi) is 3.51. The Balaban J connectivity index is 2.30. The molecule has 20 heavy (non-hydrogen) atoms. The number of aryl methyl sites for hydroxylation is 1. The van der Waals surface area contributed by atoms with E-state index in [2.05, 4.69) is 4.74 Å². The predicted molar refractivity (Wildman–Crippen MR) is 67.8 cm³/mol. The van der Waals surface area contributed by atoms with Crippen molar-refractivity contribution in [2.75, 3.05) is 18.6 Å². The first-order chi connectivity index (χ1) is 9.45. The Morgan fingerprint density at radius 1 is 1.10 bits per heavy atom. The van der Waals surface area contributed by atoms with Gasteiger partial charge in [-0.2, -0.15) is 0 Å². The van der Waals surface area contributed by atoms with E-state index < -0.39 is 30.4 Å². The molecular weight excluding hydrogens is 264 g/mol. The average molecular weight is 276 g/mol. The minimum Gasteiger partial charge on any atom is -0.468 e. The van der Waals surface area contributed by atoms with Gasteiger partial charge in [-0.1, -0.05) is 17.7 Å². The number of anilines is 1. The summed E-state index contributed by atoms with van der Waals surface area (Å²) in [5, 5.41) is 0. The van der Waals surface area contributed by atoms with E-state index in [1.165, 1.54) is 0 Å². The number of hydrogen-bond donors (Lipinski definition) is 0. The van der Waals surface area contributed by atoms with Crippen molar-refractivity contribution in [1.29, 1.82) is 0 Å². The molecular formula is C13H12N2O5. The molecule has 0 unspecified atom stereocenters. The minimum atomic E-state index is -1.04. The van der Waals surface area contributed by atoms with Crippen LogP contribution in [0.3, 0.4) is 0 Å². The van der Waals surface area contributed by atoms with Gasteiger partial charge in [0.05, 0.1) is 12.8 Å². The van der Waals surface area contributed by atoms with Crippen LogP contribution in [0.2, 0.25) is 0 Å². The van der Waals surface area contributed by atoms with E-state index in [0.717, 1.165) is 17.6 Å². The second kappa shape index (κ2) is 5.12. The van der Waals surface area contributed by atoms with Crippen molar-refractivity contribution in [3.63, 3.8) is 0 Å². The molecule has 1 aromatic rings. The van der Waals surface area contributed by atoms with Gasteiger partial charge in [-0.15, -0.1) is 0 Å². The number of nitrogens with zero attached hydrogens (tertiary/aromatic N) is 2. The van der Waals surface area contributed by atoms with Crippen molar-refractivity contribution < 1.29 is 23.9 Å². The van der Waals surface area contributed by atoms with Gasteiger partial charge in [0, 0.05) is 0 Å². The number of urea groups is 1. The number of amides is 4. The normalized spacial score (nSPS) is 15.0. The molecule has 0 aromatic heterocycles. The van der Waals surface area contributed by atoms with Crippen LogP contribution >= 0.6 is 0 Å². The standard InChI is InChI=1S/C13H12N2O5/c1-8-3-5-9(6-4-8)15-12(18)11(17)14(13(15)19)7-10(16)20-2/h3-6H,7H2,1-2H3. The monoisotopic (exact) mass is 276 g/mol. The van der Waals surface area contributed by atoms with E-state index >= 15 is 0 Å². The topological polar surface area (TPSA) is 84.0 Å². The number of imide groups is 2. The van der Waals surface area contributed by atoms with Gasteiger partial charge in [-0.25, -0.2) is 14.6 Å². The molecule has 1 heterocycles. The van der Waals surface area contributed by atoms with Crippen LogP contribution < -0.4 is 4.90 Å². The molecule has 0 N–H and O–H groups in total. The summed E-state index contributed by atoms with van der Waals surface area (Å²) in [6.07, 6.45) is 0. The molecule has 7 heteroatoms. The largest absolute Gasteiger partial charge is 0.468 e. The van der Waals surface area contributed by atoms with Crippen LogP contribution in [0, 0.1) is 6.92 Å². The summed E-state index contributed by atoms with van der Waals surface area (Å²) < 4.78 is 4.39. The molecule has 0 atom stereocenters. The molecule has 1 aliphatic heterocycles. The zero-order chi connectivity index (χ0) is 14.9. The molecule has 1 fully saturated rings. The minimum absolute atomic E-state index is 0.284. The third-order valence-corrected chi connectivity index (χ3v) is 2.86. The van der Waals surface area contributed by atoms with E-state index in [4.69, 9.17) is 0 Å². The number of carbonyl (C=O) groups is 4. The molecule has 104 valence electrons. The third-order valence-electron chi connectivity index (χ3n) is 2.86. The molecule has 1 saturated heterocycles. The van der Waals surface area contributed by atoms with E-state index in [1.54, 1.807) is 24.3 Å². The number of esters is 1. The lowest BCUT2D eigenvalue weighted by molar-refractivity contribution is -0.146. The van der Waals surface area contributed by atoms with Crippen molar-refractivity contribution in [3.8, 4) is 0 Å². The molecule has 1 aliphatic rings. The predicted octanol–water partition coefficient (Wildman–Crippen LogP) is 0.463. The fraction of sp³-hybridized carbons (Fsp3) is 0.231. The maximum Gasteiger partial charge on any atom is 0.339 e. The van der Waals surface area contributed by atoms with E-state index in [1.807, 2.05) is 6.92 Å².